The van der Waals surface area contributed by atoms with Gasteiger partial charge in [0.15, 0.2) is 0 Å². The van der Waals surface area contributed by atoms with Gasteiger partial charge in [-0.3, -0.25) is 14.6 Å². The lowest BCUT2D eigenvalue weighted by Gasteiger charge is -2.33. The van der Waals surface area contributed by atoms with Crippen LogP contribution in [0.3, 0.4) is 0 Å². The van der Waals surface area contributed by atoms with E-state index in [1.807, 2.05) is 41.3 Å². The summed E-state index contributed by atoms with van der Waals surface area (Å²) >= 11 is 0. The van der Waals surface area contributed by atoms with Gasteiger partial charge in [-0.25, -0.2) is 9.18 Å². The van der Waals surface area contributed by atoms with Crippen molar-refractivity contribution >= 4 is 11.9 Å². The first-order valence-electron chi connectivity index (χ1n) is 12.8. The topological polar surface area (TPSA) is 53.1 Å². The number of nitrogens with zero attached hydrogens (tertiary/aromatic N) is 3. The maximum Gasteiger partial charge on any atom is 0.328 e. The molecule has 3 heterocycles. The van der Waals surface area contributed by atoms with E-state index >= 15 is 0 Å². The van der Waals surface area contributed by atoms with E-state index in [1.54, 1.807) is 19.2 Å². The molecule has 0 saturated carbocycles. The van der Waals surface area contributed by atoms with Crippen LogP contribution in [0.1, 0.15) is 28.7 Å². The minimum absolute atomic E-state index is 0.107. The van der Waals surface area contributed by atoms with E-state index in [0.29, 0.717) is 19.6 Å². The summed E-state index contributed by atoms with van der Waals surface area (Å²) in [6.45, 7) is 2.34. The zero-order chi connectivity index (χ0) is 25.6. The Labute approximate surface area is 216 Å². The number of rotatable bonds is 7. The number of amides is 3. The van der Waals surface area contributed by atoms with Gasteiger partial charge in [-0.1, -0.05) is 72.8 Å². The maximum absolute atomic E-state index is 14.2. The lowest BCUT2D eigenvalue weighted by molar-refractivity contribution is -0.133. The van der Waals surface area contributed by atoms with E-state index in [9.17, 15) is 14.0 Å². The van der Waals surface area contributed by atoms with Crippen molar-refractivity contribution in [1.82, 2.24) is 14.7 Å². The number of methoxy groups -OCH3 is 1. The predicted octanol–water partition coefficient (Wildman–Crippen LogP) is 4.45. The molecule has 0 aromatic heterocycles. The van der Waals surface area contributed by atoms with Gasteiger partial charge >= 0.3 is 6.03 Å². The molecule has 37 heavy (non-hydrogen) atoms. The molecule has 0 unspecified atom stereocenters. The van der Waals surface area contributed by atoms with Crippen molar-refractivity contribution < 1.29 is 18.7 Å². The zero-order valence-corrected chi connectivity index (χ0v) is 20.8. The fourth-order valence-electron chi connectivity index (χ4n) is 6.76. The molecule has 3 aromatic carbocycles. The Morgan fingerprint density at radius 2 is 1.59 bits per heavy atom. The van der Waals surface area contributed by atoms with Gasteiger partial charge in [0.2, 0.25) is 0 Å². The lowest BCUT2D eigenvalue weighted by atomic mass is 9.76. The van der Waals surface area contributed by atoms with Crippen molar-refractivity contribution in [2.45, 2.75) is 24.0 Å². The average molecular weight is 500 g/mol. The van der Waals surface area contributed by atoms with E-state index in [1.165, 1.54) is 22.6 Å². The number of halogens is 1. The highest BCUT2D eigenvalue weighted by Crippen LogP contribution is 2.61. The molecule has 3 aliphatic rings. The number of urea groups is 1. The largest absolute Gasteiger partial charge is 0.383 e. The Hall–Kier alpha value is -3.55. The van der Waals surface area contributed by atoms with Crippen LogP contribution in [0, 0.1) is 11.7 Å². The van der Waals surface area contributed by atoms with Crippen LogP contribution in [0.15, 0.2) is 84.9 Å². The van der Waals surface area contributed by atoms with Crippen molar-refractivity contribution in [2.24, 2.45) is 5.92 Å². The van der Waals surface area contributed by atoms with Gasteiger partial charge in [0.1, 0.15) is 11.4 Å². The predicted molar refractivity (Wildman–Crippen MR) is 137 cm³/mol. The number of carbonyl (C=O) groups excluding carboxylic acids is 2. The van der Waals surface area contributed by atoms with E-state index in [2.05, 4.69) is 29.2 Å². The minimum Gasteiger partial charge on any atom is -0.383 e. The highest BCUT2D eigenvalue weighted by atomic mass is 19.1. The summed E-state index contributed by atoms with van der Waals surface area (Å²) in [5.41, 5.74) is 2.11. The lowest BCUT2D eigenvalue weighted by Crippen LogP contribution is -2.51. The third-order valence-corrected chi connectivity index (χ3v) is 8.23. The number of imide groups is 1. The van der Waals surface area contributed by atoms with Gasteiger partial charge in [0.25, 0.3) is 5.91 Å². The quantitative estimate of drug-likeness (QED) is 0.451. The molecule has 0 aliphatic carbocycles. The smallest absolute Gasteiger partial charge is 0.328 e. The van der Waals surface area contributed by atoms with Crippen molar-refractivity contribution in [2.75, 3.05) is 33.4 Å². The molecule has 4 atom stereocenters. The summed E-state index contributed by atoms with van der Waals surface area (Å²) in [4.78, 5) is 33.7. The summed E-state index contributed by atoms with van der Waals surface area (Å²) in [6.07, 6.45) is 0. The van der Waals surface area contributed by atoms with Gasteiger partial charge < -0.3 is 9.64 Å². The second-order valence-corrected chi connectivity index (χ2v) is 10.2. The molecule has 3 aromatic rings. The average Bonchev–Trinajstić information content (AvgIpc) is 3.48. The Bertz CT molecular complexity index is 1290. The molecule has 1 spiro atoms. The number of hydrogen-bond donors (Lipinski definition) is 0. The Morgan fingerprint density at radius 1 is 0.919 bits per heavy atom. The van der Waals surface area contributed by atoms with Gasteiger partial charge in [-0.05, 0) is 28.8 Å². The Morgan fingerprint density at radius 3 is 2.27 bits per heavy atom. The maximum atomic E-state index is 14.2. The molecule has 3 aliphatic heterocycles. The van der Waals surface area contributed by atoms with Crippen LogP contribution in [-0.4, -0.2) is 65.5 Å². The molecule has 7 heteroatoms. The third-order valence-electron chi connectivity index (χ3n) is 8.23. The van der Waals surface area contributed by atoms with Crippen LogP contribution in [0.5, 0.6) is 0 Å². The molecular formula is C30H30FN3O3. The van der Waals surface area contributed by atoms with Crippen LogP contribution in [0.4, 0.5) is 9.18 Å². The molecule has 0 radical (unpaired) electrons. The SMILES string of the molecule is COCCN1C(=O)N2[C@@H](c3ccc(F)cc3)[C@@H](c3ccccc3)[C@@H]3CN(Cc4ccccc4)C[C@@]32C1=O. The van der Waals surface area contributed by atoms with Crippen LogP contribution < -0.4 is 0 Å². The van der Waals surface area contributed by atoms with Gasteiger partial charge in [-0.15, -0.1) is 0 Å². The highest BCUT2D eigenvalue weighted by Gasteiger charge is 2.73. The van der Waals surface area contributed by atoms with Crippen LogP contribution in [-0.2, 0) is 16.1 Å². The molecule has 3 amide bonds. The summed E-state index contributed by atoms with van der Waals surface area (Å²) < 4.78 is 19.2. The Kier molecular flexibility index (Phi) is 6.05. The number of carbonyl (C=O) groups is 2. The molecule has 6 rings (SSSR count). The second kappa shape index (κ2) is 9.39. The molecule has 6 nitrogen and oxygen atoms in total. The number of benzene rings is 3. The van der Waals surface area contributed by atoms with Crippen molar-refractivity contribution in [3.8, 4) is 0 Å². The molecule has 190 valence electrons. The monoisotopic (exact) mass is 499 g/mol. The van der Waals surface area contributed by atoms with Crippen molar-refractivity contribution in [3.63, 3.8) is 0 Å². The molecule has 0 bridgehead atoms. The first-order chi connectivity index (χ1) is 18.0. The molecule has 0 N–H and O–H groups in total. The van der Waals surface area contributed by atoms with Gasteiger partial charge in [-0.2, -0.15) is 0 Å². The number of likely N-dealkylation sites (tertiary alicyclic amines) is 1. The number of hydrogen-bond acceptors (Lipinski definition) is 4. The fraction of sp³-hybridized carbons (Fsp3) is 0.333. The van der Waals surface area contributed by atoms with Crippen molar-refractivity contribution in [3.05, 3.63) is 107 Å². The summed E-state index contributed by atoms with van der Waals surface area (Å²) in [5.74, 6) is -0.698. The zero-order valence-electron chi connectivity index (χ0n) is 20.8. The van der Waals surface area contributed by atoms with Gasteiger partial charge in [0, 0.05) is 38.6 Å². The molecule has 3 fully saturated rings. The Balaban J connectivity index is 1.48. The van der Waals surface area contributed by atoms with Crippen LogP contribution in [0.2, 0.25) is 0 Å². The second-order valence-electron chi connectivity index (χ2n) is 10.2. The first-order valence-corrected chi connectivity index (χ1v) is 12.8. The van der Waals surface area contributed by atoms with E-state index in [-0.39, 0.29) is 48.8 Å². The molecular weight excluding hydrogens is 469 g/mol. The van der Waals surface area contributed by atoms with Crippen LogP contribution >= 0.6 is 0 Å². The number of ether oxygens (including phenoxy) is 1. The fourth-order valence-corrected chi connectivity index (χ4v) is 6.76. The summed E-state index contributed by atoms with van der Waals surface area (Å²) in [7, 11) is 1.57. The van der Waals surface area contributed by atoms with Crippen LogP contribution in [0.25, 0.3) is 0 Å². The summed E-state index contributed by atoms with van der Waals surface area (Å²) in [6, 6.07) is 26.0. The first kappa shape index (κ1) is 23.8. The third kappa shape index (κ3) is 3.76. The van der Waals surface area contributed by atoms with Gasteiger partial charge in [0.05, 0.1) is 19.2 Å². The summed E-state index contributed by atoms with van der Waals surface area (Å²) in [5, 5.41) is 0. The molecule has 3 saturated heterocycles. The van der Waals surface area contributed by atoms with E-state index < -0.39 is 5.54 Å². The van der Waals surface area contributed by atoms with E-state index in [0.717, 1.165) is 11.1 Å². The van der Waals surface area contributed by atoms with Crippen molar-refractivity contribution in [1.29, 1.82) is 0 Å². The van der Waals surface area contributed by atoms with E-state index in [4.69, 9.17) is 4.74 Å². The standard InChI is InChI=1S/C30H30FN3O3/c1-37-17-16-33-28(35)30-20-32(18-21-8-4-2-5-9-21)19-25(30)26(22-10-6-3-7-11-22)27(34(30)29(33)36)23-12-14-24(31)15-13-23/h2-15,25-27H,16-20H2,1H3/t25-,26-,27-,30-/m0/s1. The normalized spacial score (nSPS) is 27.1. The highest BCUT2D eigenvalue weighted by molar-refractivity contribution is 6.08. The minimum atomic E-state index is -0.987.